The van der Waals surface area contributed by atoms with Crippen LogP contribution in [0.2, 0.25) is 0 Å². The molecule has 7 heteroatoms. The van der Waals surface area contributed by atoms with Gasteiger partial charge in [-0.15, -0.1) is 24.8 Å². The molecule has 0 spiro atoms. The van der Waals surface area contributed by atoms with Gasteiger partial charge >= 0.3 is 0 Å². The van der Waals surface area contributed by atoms with Gasteiger partial charge in [-0.1, -0.05) is 0 Å². The number of aliphatic hydroxyl groups excluding tert-OH is 2. The van der Waals surface area contributed by atoms with Crippen molar-refractivity contribution in [2.45, 2.75) is 32.0 Å². The van der Waals surface area contributed by atoms with Crippen molar-refractivity contribution in [3.05, 3.63) is 0 Å². The second-order valence-corrected chi connectivity index (χ2v) is 3.14. The van der Waals surface area contributed by atoms with E-state index in [2.05, 4.69) is 5.32 Å². The highest BCUT2D eigenvalue weighted by atomic mass is 35.5. The normalized spacial score (nSPS) is 28.1. The van der Waals surface area contributed by atoms with E-state index in [1.165, 1.54) is 0 Å². The summed E-state index contributed by atoms with van der Waals surface area (Å²) in [6, 6.07) is 0. The Bertz CT molecular complexity index is 182. The summed E-state index contributed by atoms with van der Waals surface area (Å²) in [4.78, 5) is 11.2. The lowest BCUT2D eigenvalue weighted by molar-refractivity contribution is -0.128. The van der Waals surface area contributed by atoms with Crippen LogP contribution in [-0.4, -0.2) is 40.3 Å². The number of hydrogen-bond donors (Lipinski definition) is 3. The second-order valence-electron chi connectivity index (χ2n) is 3.14. The van der Waals surface area contributed by atoms with E-state index >= 15 is 0 Å². The van der Waals surface area contributed by atoms with Crippen LogP contribution in [0.25, 0.3) is 0 Å². The summed E-state index contributed by atoms with van der Waals surface area (Å²) in [7, 11) is 0. The Hall–Kier alpha value is -0.0700. The van der Waals surface area contributed by atoms with Crippen molar-refractivity contribution in [3.8, 4) is 0 Å². The monoisotopic (exact) mass is 263 g/mol. The predicted octanol–water partition coefficient (Wildman–Crippen LogP) is -0.727. The maximum absolute atomic E-state index is 11.2. The van der Waals surface area contributed by atoms with Crippen LogP contribution in [0.3, 0.4) is 0 Å². The number of nitrogens with one attached hydrogen (secondary N) is 1. The van der Waals surface area contributed by atoms with E-state index in [4.69, 9.17) is 5.11 Å². The SMILES string of the molecule is CCNC(=O)C1CCC(O)C1O.Cl.Cl.O. The number of amides is 1. The largest absolute Gasteiger partial charge is 0.412 e. The average Bonchev–Trinajstić information content (AvgIpc) is 2.34. The molecule has 0 radical (unpaired) electrons. The van der Waals surface area contributed by atoms with Crippen LogP contribution in [-0.2, 0) is 4.79 Å². The van der Waals surface area contributed by atoms with Crippen LogP contribution >= 0.6 is 24.8 Å². The number of carbonyl (C=O) groups excluding carboxylic acids is 1. The lowest BCUT2D eigenvalue weighted by atomic mass is 10.1. The minimum absolute atomic E-state index is 0. The Morgan fingerprint density at radius 2 is 1.87 bits per heavy atom. The first-order valence-corrected chi connectivity index (χ1v) is 4.30. The van der Waals surface area contributed by atoms with Gasteiger partial charge in [0.25, 0.3) is 0 Å². The number of rotatable bonds is 2. The Morgan fingerprint density at radius 1 is 1.33 bits per heavy atom. The number of halogens is 2. The molecule has 3 atom stereocenters. The van der Waals surface area contributed by atoms with Gasteiger partial charge in [0.1, 0.15) is 0 Å². The lowest BCUT2D eigenvalue weighted by Crippen LogP contribution is -2.37. The van der Waals surface area contributed by atoms with Gasteiger partial charge in [-0.3, -0.25) is 4.79 Å². The topological polar surface area (TPSA) is 101 Å². The van der Waals surface area contributed by atoms with Crippen molar-refractivity contribution >= 4 is 30.7 Å². The number of carbonyl (C=O) groups is 1. The van der Waals surface area contributed by atoms with E-state index in [9.17, 15) is 9.90 Å². The van der Waals surface area contributed by atoms with Gasteiger partial charge in [0.05, 0.1) is 18.1 Å². The molecule has 0 aromatic rings. The van der Waals surface area contributed by atoms with Gasteiger partial charge in [0, 0.05) is 6.54 Å². The maximum atomic E-state index is 11.2. The molecule has 1 saturated carbocycles. The summed E-state index contributed by atoms with van der Waals surface area (Å²) in [6.45, 7) is 2.40. The van der Waals surface area contributed by atoms with Crippen LogP contribution in [0.1, 0.15) is 19.8 Å². The maximum Gasteiger partial charge on any atom is 0.225 e. The molecule has 1 fully saturated rings. The van der Waals surface area contributed by atoms with E-state index in [0.717, 1.165) is 0 Å². The molecule has 0 saturated heterocycles. The van der Waals surface area contributed by atoms with Crippen LogP contribution in [0.4, 0.5) is 0 Å². The first-order chi connectivity index (χ1) is 5.66. The molecule has 0 aliphatic heterocycles. The molecule has 94 valence electrons. The molecule has 0 bridgehead atoms. The van der Waals surface area contributed by atoms with Gasteiger partial charge < -0.3 is 21.0 Å². The van der Waals surface area contributed by atoms with Gasteiger partial charge in [-0.25, -0.2) is 0 Å². The molecule has 1 aliphatic carbocycles. The third-order valence-electron chi connectivity index (χ3n) is 2.27. The molecular formula is C8H19Cl2NO4. The molecule has 5 nitrogen and oxygen atoms in total. The first-order valence-electron chi connectivity index (χ1n) is 4.30. The fraction of sp³-hybridized carbons (Fsp3) is 0.875. The Labute approximate surface area is 101 Å². The van der Waals surface area contributed by atoms with Crippen LogP contribution in [0.5, 0.6) is 0 Å². The summed E-state index contributed by atoms with van der Waals surface area (Å²) >= 11 is 0. The summed E-state index contributed by atoms with van der Waals surface area (Å²) in [5, 5.41) is 21.1. The molecule has 5 N–H and O–H groups in total. The smallest absolute Gasteiger partial charge is 0.225 e. The molecule has 1 amide bonds. The molecule has 0 aromatic heterocycles. The van der Waals surface area contributed by atoms with E-state index in [1.54, 1.807) is 0 Å². The van der Waals surface area contributed by atoms with Crippen LogP contribution in [0.15, 0.2) is 0 Å². The molecule has 0 aromatic carbocycles. The fourth-order valence-corrected chi connectivity index (χ4v) is 1.55. The van der Waals surface area contributed by atoms with Crippen molar-refractivity contribution in [3.63, 3.8) is 0 Å². The van der Waals surface area contributed by atoms with E-state index < -0.39 is 18.1 Å². The van der Waals surface area contributed by atoms with Gasteiger partial charge in [0.2, 0.25) is 5.91 Å². The van der Waals surface area contributed by atoms with Crippen molar-refractivity contribution in [2.24, 2.45) is 5.92 Å². The molecule has 1 aliphatic rings. The highest BCUT2D eigenvalue weighted by Gasteiger charge is 2.37. The number of aliphatic hydroxyl groups is 2. The Balaban J connectivity index is -0.000000480. The second kappa shape index (κ2) is 9.18. The Kier molecular flexibility index (Phi) is 12.5. The zero-order valence-electron chi connectivity index (χ0n) is 8.47. The molecule has 1 rings (SSSR count). The van der Waals surface area contributed by atoms with E-state index in [-0.39, 0.29) is 36.2 Å². The number of hydrogen-bond acceptors (Lipinski definition) is 3. The molecule has 0 heterocycles. The highest BCUT2D eigenvalue weighted by Crippen LogP contribution is 2.25. The summed E-state index contributed by atoms with van der Waals surface area (Å²) in [6.07, 6.45) is -0.508. The summed E-state index contributed by atoms with van der Waals surface area (Å²) < 4.78 is 0. The van der Waals surface area contributed by atoms with Crippen LogP contribution < -0.4 is 5.32 Å². The van der Waals surface area contributed by atoms with E-state index in [0.29, 0.717) is 19.4 Å². The quantitative estimate of drug-likeness (QED) is 0.613. The third-order valence-corrected chi connectivity index (χ3v) is 2.27. The van der Waals surface area contributed by atoms with Crippen molar-refractivity contribution < 1.29 is 20.5 Å². The van der Waals surface area contributed by atoms with Crippen molar-refractivity contribution in [1.82, 2.24) is 5.32 Å². The standard InChI is InChI=1S/C8H15NO3.2ClH.H2O/c1-2-9-8(12)5-3-4-6(10)7(5)11;;;/h5-7,10-11H,2-4H2,1H3,(H,9,12);2*1H;1H2. The minimum atomic E-state index is -0.878. The lowest BCUT2D eigenvalue weighted by Gasteiger charge is -2.15. The Morgan fingerprint density at radius 3 is 2.20 bits per heavy atom. The molecular weight excluding hydrogens is 245 g/mol. The molecule has 3 unspecified atom stereocenters. The fourth-order valence-electron chi connectivity index (χ4n) is 1.55. The zero-order valence-corrected chi connectivity index (χ0v) is 10.1. The van der Waals surface area contributed by atoms with Gasteiger partial charge in [-0.05, 0) is 19.8 Å². The summed E-state index contributed by atoms with van der Waals surface area (Å²) in [5.41, 5.74) is 0. The average molecular weight is 264 g/mol. The van der Waals surface area contributed by atoms with E-state index in [1.807, 2.05) is 6.92 Å². The first kappa shape index (κ1) is 20.4. The van der Waals surface area contributed by atoms with Crippen LogP contribution in [0, 0.1) is 5.92 Å². The van der Waals surface area contributed by atoms with Crippen molar-refractivity contribution in [1.29, 1.82) is 0 Å². The van der Waals surface area contributed by atoms with Crippen molar-refractivity contribution in [2.75, 3.05) is 6.54 Å². The predicted molar refractivity (Wildman–Crippen MR) is 61.5 cm³/mol. The minimum Gasteiger partial charge on any atom is -0.412 e. The summed E-state index contributed by atoms with van der Waals surface area (Å²) in [5.74, 6) is -0.568. The highest BCUT2D eigenvalue weighted by molar-refractivity contribution is 5.85. The zero-order chi connectivity index (χ0) is 9.14. The molecule has 15 heavy (non-hydrogen) atoms. The third kappa shape index (κ3) is 4.99. The van der Waals surface area contributed by atoms with Gasteiger partial charge in [0.15, 0.2) is 0 Å². The van der Waals surface area contributed by atoms with Gasteiger partial charge in [-0.2, -0.15) is 0 Å².